The summed E-state index contributed by atoms with van der Waals surface area (Å²) in [5, 5.41) is -0.0162. The fourth-order valence-corrected chi connectivity index (χ4v) is 3.25. The number of H-pyrrole nitrogens is 1. The number of hydrogen-bond donors (Lipinski definition) is 1. The van der Waals surface area contributed by atoms with Crippen LogP contribution in [0.5, 0.6) is 0 Å². The molecule has 5 aromatic heterocycles. The molecule has 0 atom stereocenters. The summed E-state index contributed by atoms with van der Waals surface area (Å²) in [6.45, 7) is 1.85. The van der Waals surface area contributed by atoms with E-state index >= 15 is 0 Å². The quantitative estimate of drug-likeness (QED) is 0.487. The van der Waals surface area contributed by atoms with Crippen molar-refractivity contribution in [3.63, 3.8) is 0 Å². The molecule has 0 saturated carbocycles. The largest absolute Gasteiger partial charge is 0.434 e. The molecule has 0 spiro atoms. The Hall–Kier alpha value is -3.82. The van der Waals surface area contributed by atoms with Crippen molar-refractivity contribution in [3.05, 3.63) is 60.4 Å². The first-order chi connectivity index (χ1) is 13.9. The second kappa shape index (κ2) is 6.09. The molecule has 0 aliphatic rings. The summed E-state index contributed by atoms with van der Waals surface area (Å²) in [6, 6.07) is 8.34. The Morgan fingerprint density at radius 3 is 2.66 bits per heavy atom. The number of fused-ring (bicyclic) bond motifs is 2. The average Bonchev–Trinajstić information content (AvgIpc) is 3.33. The number of rotatable bonds is 2. The molecule has 1 N–H and O–H groups in total. The number of halogens is 3. The van der Waals surface area contributed by atoms with Gasteiger partial charge < -0.3 is 4.98 Å². The van der Waals surface area contributed by atoms with Gasteiger partial charge in [0.25, 0.3) is 0 Å². The second-order valence-corrected chi connectivity index (χ2v) is 6.41. The van der Waals surface area contributed by atoms with E-state index in [1.165, 1.54) is 24.7 Å². The molecule has 0 bridgehead atoms. The van der Waals surface area contributed by atoms with E-state index in [0.717, 1.165) is 11.9 Å². The Morgan fingerprint density at radius 1 is 1.00 bits per heavy atom. The molecule has 29 heavy (non-hydrogen) atoms. The molecule has 0 saturated heterocycles. The van der Waals surface area contributed by atoms with Gasteiger partial charge in [-0.1, -0.05) is 6.07 Å². The fraction of sp³-hybridized carbons (Fsp3) is 0.105. The van der Waals surface area contributed by atoms with Crippen LogP contribution in [0.3, 0.4) is 0 Å². The topological polar surface area (TPSA) is 85.2 Å². The van der Waals surface area contributed by atoms with Crippen molar-refractivity contribution >= 4 is 22.1 Å². The van der Waals surface area contributed by atoms with Gasteiger partial charge in [-0.2, -0.15) is 13.2 Å². The number of nitrogens with zero attached hydrogens (tertiary/aromatic N) is 6. The van der Waals surface area contributed by atoms with Gasteiger partial charge in [-0.3, -0.25) is 9.55 Å². The van der Waals surface area contributed by atoms with Crippen molar-refractivity contribution in [3.8, 4) is 17.3 Å². The SMILES string of the molecule is Cc1cccc(-c2nc(-n3ccc4c(C(F)(F)F)nccc43)c3nc[nH]c3n2)n1. The van der Waals surface area contributed by atoms with E-state index in [1.807, 2.05) is 19.1 Å². The highest BCUT2D eigenvalue weighted by Gasteiger charge is 2.35. The smallest absolute Gasteiger partial charge is 0.329 e. The monoisotopic (exact) mass is 395 g/mol. The highest BCUT2D eigenvalue weighted by atomic mass is 19.4. The highest BCUT2D eigenvalue weighted by Crippen LogP contribution is 2.34. The Balaban J connectivity index is 1.79. The summed E-state index contributed by atoms with van der Waals surface area (Å²) in [7, 11) is 0. The Labute approximate surface area is 161 Å². The Bertz CT molecular complexity index is 1370. The molecule has 0 amide bonds. The van der Waals surface area contributed by atoms with E-state index < -0.39 is 11.9 Å². The first-order valence-corrected chi connectivity index (χ1v) is 8.60. The van der Waals surface area contributed by atoms with E-state index in [4.69, 9.17) is 0 Å². The summed E-state index contributed by atoms with van der Waals surface area (Å²) >= 11 is 0. The summed E-state index contributed by atoms with van der Waals surface area (Å²) in [5.41, 5.74) is 1.62. The number of nitrogens with one attached hydrogen (secondary N) is 1. The first-order valence-electron chi connectivity index (χ1n) is 8.60. The maximum absolute atomic E-state index is 13.3. The zero-order valence-corrected chi connectivity index (χ0v) is 14.9. The number of hydrogen-bond acceptors (Lipinski definition) is 5. The van der Waals surface area contributed by atoms with Crippen LogP contribution in [0.1, 0.15) is 11.4 Å². The lowest BCUT2D eigenvalue weighted by Gasteiger charge is -2.10. The van der Waals surface area contributed by atoms with Gasteiger partial charge in [0.15, 0.2) is 28.5 Å². The zero-order chi connectivity index (χ0) is 20.2. The number of pyridine rings is 2. The second-order valence-electron chi connectivity index (χ2n) is 6.41. The van der Waals surface area contributed by atoms with Gasteiger partial charge in [-0.15, -0.1) is 0 Å². The predicted molar refractivity (Wildman–Crippen MR) is 99.3 cm³/mol. The van der Waals surface area contributed by atoms with Crippen molar-refractivity contribution in [2.75, 3.05) is 0 Å². The van der Waals surface area contributed by atoms with E-state index in [-0.39, 0.29) is 5.39 Å². The molecule has 7 nitrogen and oxygen atoms in total. The van der Waals surface area contributed by atoms with Gasteiger partial charge in [0.05, 0.1) is 11.8 Å². The highest BCUT2D eigenvalue weighted by molar-refractivity contribution is 5.88. The lowest BCUT2D eigenvalue weighted by atomic mass is 10.2. The van der Waals surface area contributed by atoms with Crippen LogP contribution in [-0.2, 0) is 6.18 Å². The van der Waals surface area contributed by atoms with Gasteiger partial charge in [-0.05, 0) is 31.2 Å². The number of alkyl halides is 3. The minimum absolute atomic E-state index is 0.0162. The standard InChI is InChI=1S/C19H12F3N7/c1-10-3-2-4-12(26-10)16-27-17-14(24-9-25-17)18(28-16)29-8-6-11-13(29)5-7-23-15(11)19(20,21)22/h2-9H,1H3,(H,24,25,27,28). The number of imidazole rings is 1. The van der Waals surface area contributed by atoms with Crippen LogP contribution in [0.4, 0.5) is 13.2 Å². The van der Waals surface area contributed by atoms with E-state index in [0.29, 0.717) is 34.0 Å². The summed E-state index contributed by atoms with van der Waals surface area (Å²) in [4.78, 5) is 24.2. The maximum atomic E-state index is 13.3. The number of aromatic nitrogens is 7. The van der Waals surface area contributed by atoms with Crippen LogP contribution in [0.15, 0.2) is 49.1 Å². The molecule has 0 aliphatic carbocycles. The summed E-state index contributed by atoms with van der Waals surface area (Å²) in [5.74, 6) is 0.691. The van der Waals surface area contributed by atoms with Crippen molar-refractivity contribution in [1.29, 1.82) is 0 Å². The molecular formula is C19H12F3N7. The Kier molecular flexibility index (Phi) is 3.63. The van der Waals surface area contributed by atoms with Crippen LogP contribution < -0.4 is 0 Å². The average molecular weight is 395 g/mol. The molecule has 144 valence electrons. The van der Waals surface area contributed by atoms with Crippen LogP contribution in [-0.4, -0.2) is 34.5 Å². The third-order valence-electron chi connectivity index (χ3n) is 4.49. The van der Waals surface area contributed by atoms with Gasteiger partial charge >= 0.3 is 6.18 Å². The van der Waals surface area contributed by atoms with Crippen molar-refractivity contribution in [1.82, 2.24) is 34.5 Å². The molecule has 5 rings (SSSR count). The van der Waals surface area contributed by atoms with Gasteiger partial charge in [0.1, 0.15) is 5.69 Å². The van der Waals surface area contributed by atoms with E-state index in [2.05, 4.69) is 29.9 Å². The van der Waals surface area contributed by atoms with Crippen LogP contribution in [0, 0.1) is 6.92 Å². The number of aryl methyl sites for hydroxylation is 1. The van der Waals surface area contributed by atoms with Crippen molar-refractivity contribution in [2.45, 2.75) is 13.1 Å². The van der Waals surface area contributed by atoms with Gasteiger partial charge in [-0.25, -0.2) is 19.9 Å². The molecule has 0 aromatic carbocycles. The Morgan fingerprint density at radius 2 is 1.86 bits per heavy atom. The van der Waals surface area contributed by atoms with E-state index in [1.54, 1.807) is 10.6 Å². The van der Waals surface area contributed by atoms with Crippen LogP contribution >= 0.6 is 0 Å². The third kappa shape index (κ3) is 2.80. The van der Waals surface area contributed by atoms with Crippen LogP contribution in [0.2, 0.25) is 0 Å². The van der Waals surface area contributed by atoms with Gasteiger partial charge in [0.2, 0.25) is 0 Å². The van der Waals surface area contributed by atoms with Crippen molar-refractivity contribution in [2.24, 2.45) is 0 Å². The molecule has 5 heterocycles. The van der Waals surface area contributed by atoms with Crippen LogP contribution in [0.25, 0.3) is 39.4 Å². The maximum Gasteiger partial charge on any atom is 0.434 e. The zero-order valence-electron chi connectivity index (χ0n) is 14.9. The third-order valence-corrected chi connectivity index (χ3v) is 4.49. The lowest BCUT2D eigenvalue weighted by molar-refractivity contribution is -0.139. The van der Waals surface area contributed by atoms with Crippen molar-refractivity contribution < 1.29 is 13.2 Å². The predicted octanol–water partition coefficient (Wildman–Crippen LogP) is 4.08. The molecule has 0 aliphatic heterocycles. The minimum Gasteiger partial charge on any atom is -0.329 e. The fourth-order valence-electron chi connectivity index (χ4n) is 3.25. The normalized spacial score (nSPS) is 12.1. The molecular weight excluding hydrogens is 383 g/mol. The molecule has 5 aromatic rings. The lowest BCUT2D eigenvalue weighted by Crippen LogP contribution is -2.08. The molecule has 0 radical (unpaired) electrons. The molecule has 0 unspecified atom stereocenters. The summed E-state index contributed by atoms with van der Waals surface area (Å²) in [6.07, 6.45) is -0.445. The summed E-state index contributed by atoms with van der Waals surface area (Å²) < 4.78 is 41.6. The molecule has 10 heteroatoms. The molecule has 0 fully saturated rings. The minimum atomic E-state index is -4.56. The number of aromatic amines is 1. The first kappa shape index (κ1) is 17.3. The van der Waals surface area contributed by atoms with E-state index in [9.17, 15) is 13.2 Å². The van der Waals surface area contributed by atoms with Gasteiger partial charge in [0, 0.05) is 23.5 Å².